The number of hydrogen-bond donors (Lipinski definition) is 2. The van der Waals surface area contributed by atoms with E-state index in [9.17, 15) is 0 Å². The monoisotopic (exact) mass is 404 g/mol. The standard InChI is InChI=1S/C16H20N2.B12S/c17-14-4-12-8-1-10-3-11-2-9(7-16(10,11)6-8)13(12)5-15(14)18;1-8(2)11(7-13)12(9(3)4)10(5)6/h4-5,8-11H,1-3,6-7,17-18H2;. The van der Waals surface area contributed by atoms with Crippen LogP contribution in [-0.4, -0.2) is 84.4 Å². The first-order valence-electron chi connectivity index (χ1n) is 11.3. The second-order valence-corrected chi connectivity index (χ2v) is 10.5. The summed E-state index contributed by atoms with van der Waals surface area (Å²) in [5, 5.41) is 0. The predicted molar refractivity (Wildman–Crippen MR) is 150 cm³/mol. The van der Waals surface area contributed by atoms with Gasteiger partial charge in [0.05, 0.1) is 11.4 Å². The second-order valence-electron chi connectivity index (χ2n) is 10.3. The number of nitrogen functional groups attached to an aromatic ring is 2. The fourth-order valence-electron chi connectivity index (χ4n) is 7.23. The van der Waals surface area contributed by atoms with Crippen LogP contribution in [0.4, 0.5) is 11.4 Å². The normalized spacial score (nSPS) is 30.5. The SMILES string of the molecule is Nc1cc2c(cc1N)C1CC3CC4CC2CC43C1.[B]B([B])B(B=S)B(B([B])[B])B([B])[B]. The molecule has 0 saturated heterocycles. The van der Waals surface area contributed by atoms with E-state index in [1.54, 1.807) is 11.1 Å². The molecule has 1 aromatic carbocycles. The van der Waals surface area contributed by atoms with E-state index in [-0.39, 0.29) is 6.39 Å². The molecule has 12 radical (unpaired) electrons. The molecule has 0 heterocycles. The van der Waals surface area contributed by atoms with Gasteiger partial charge in [0.2, 0.25) is 0 Å². The maximum absolute atomic E-state index is 6.04. The molecule has 136 valence electrons. The van der Waals surface area contributed by atoms with E-state index in [4.69, 9.17) is 69.9 Å². The minimum atomic E-state index is -0.682. The van der Waals surface area contributed by atoms with Crippen LogP contribution in [0.5, 0.6) is 0 Å². The number of rotatable bonds is 5. The Bertz CT molecular complexity index is 797. The fourth-order valence-corrected chi connectivity index (χ4v) is 7.59. The number of hydrogen-bond acceptors (Lipinski definition) is 3. The summed E-state index contributed by atoms with van der Waals surface area (Å²) in [7, 11) is 32.9. The van der Waals surface area contributed by atoms with Crippen molar-refractivity contribution in [2.45, 2.75) is 43.9 Å². The molecule has 3 bridgehead atoms. The van der Waals surface area contributed by atoms with Crippen molar-refractivity contribution in [3.05, 3.63) is 23.3 Å². The Labute approximate surface area is 203 Å². The van der Waals surface area contributed by atoms with E-state index >= 15 is 0 Å². The van der Waals surface area contributed by atoms with E-state index < -0.39 is 25.5 Å². The van der Waals surface area contributed by atoms with Crippen molar-refractivity contribution in [2.24, 2.45) is 17.3 Å². The van der Waals surface area contributed by atoms with E-state index in [0.29, 0.717) is 0 Å². The van der Waals surface area contributed by atoms with E-state index in [2.05, 4.69) is 12.1 Å². The van der Waals surface area contributed by atoms with Crippen molar-refractivity contribution in [1.29, 1.82) is 0 Å². The van der Waals surface area contributed by atoms with Crippen LogP contribution in [0.1, 0.15) is 55.1 Å². The Hall–Kier alpha value is -0.181. The summed E-state index contributed by atoms with van der Waals surface area (Å²) in [5.41, 5.74) is 17.5. The Balaban J connectivity index is 0.000000160. The van der Waals surface area contributed by atoms with Crippen LogP contribution in [-0.2, 0) is 0 Å². The van der Waals surface area contributed by atoms with Crippen LogP contribution < -0.4 is 11.5 Å². The average molecular weight is 402 g/mol. The zero-order valence-electron chi connectivity index (χ0n) is 18.0. The van der Waals surface area contributed by atoms with Crippen LogP contribution in [0.15, 0.2) is 12.1 Å². The molecular weight excluding hydrogens is 382 g/mol. The quantitative estimate of drug-likeness (QED) is 0.507. The average Bonchev–Trinajstić information content (AvgIpc) is 3.11. The van der Waals surface area contributed by atoms with Gasteiger partial charge in [-0.05, 0) is 84.5 Å². The summed E-state index contributed by atoms with van der Waals surface area (Å²) in [6.07, 6.45) is 4.45. The molecule has 4 aliphatic carbocycles. The van der Waals surface area contributed by atoms with E-state index in [1.165, 1.54) is 38.1 Å². The van der Waals surface area contributed by atoms with Gasteiger partial charge >= 0.3 is 96.4 Å². The molecule has 4 aliphatic rings. The molecular formula is C16H20B12N2S. The zero-order chi connectivity index (χ0) is 22.7. The van der Waals surface area contributed by atoms with Crippen molar-refractivity contribution in [3.63, 3.8) is 0 Å². The van der Waals surface area contributed by atoms with Crippen LogP contribution in [0.3, 0.4) is 0 Å². The van der Waals surface area contributed by atoms with Gasteiger partial charge in [-0.2, -0.15) is 0 Å². The fraction of sp³-hybridized carbons (Fsp3) is 0.625. The van der Waals surface area contributed by atoms with E-state index in [0.717, 1.165) is 40.5 Å². The van der Waals surface area contributed by atoms with Gasteiger partial charge in [0.15, 0.2) is 0 Å². The molecule has 4 atom stereocenters. The first kappa shape index (κ1) is 24.0. The molecule has 1 aromatic rings. The van der Waals surface area contributed by atoms with Gasteiger partial charge in [-0.25, -0.2) is 0 Å². The number of benzene rings is 1. The first-order valence-corrected chi connectivity index (χ1v) is 11.7. The summed E-state index contributed by atoms with van der Waals surface area (Å²) in [6, 6.07) is 5.81. The van der Waals surface area contributed by atoms with Crippen molar-refractivity contribution >= 4 is 108 Å². The summed E-state index contributed by atoms with van der Waals surface area (Å²) in [5.74, 6) is 3.63. The Morgan fingerprint density at radius 3 is 1.58 bits per heavy atom. The Morgan fingerprint density at radius 2 is 1.26 bits per heavy atom. The summed E-state index contributed by atoms with van der Waals surface area (Å²) < 4.78 is 0. The molecule has 2 nitrogen and oxygen atoms in total. The topological polar surface area (TPSA) is 52.0 Å². The van der Waals surface area contributed by atoms with Crippen molar-refractivity contribution in [3.8, 4) is 0 Å². The van der Waals surface area contributed by atoms with Crippen molar-refractivity contribution in [2.75, 3.05) is 11.5 Å². The molecule has 0 aromatic heterocycles. The van der Waals surface area contributed by atoms with Gasteiger partial charge in [0.1, 0.15) is 0 Å². The number of fused-ring (bicyclic) bond motifs is 5. The molecule has 4 unspecified atom stereocenters. The third kappa shape index (κ3) is 4.01. The Morgan fingerprint density at radius 1 is 0.806 bits per heavy atom. The molecule has 3 fully saturated rings. The summed E-state index contributed by atoms with van der Waals surface area (Å²) in [6.45, 7) is 0. The van der Waals surface area contributed by atoms with Crippen LogP contribution >= 0.6 is 12.1 Å². The molecule has 0 aliphatic heterocycles. The van der Waals surface area contributed by atoms with Gasteiger partial charge in [-0.1, -0.05) is 0 Å². The van der Waals surface area contributed by atoms with Gasteiger partial charge in [-0.3, -0.25) is 0 Å². The van der Waals surface area contributed by atoms with Gasteiger partial charge in [-0.15, -0.1) is 0 Å². The van der Waals surface area contributed by atoms with Gasteiger partial charge < -0.3 is 11.5 Å². The molecule has 0 amide bonds. The third-order valence-electron chi connectivity index (χ3n) is 8.69. The molecule has 4 N–H and O–H groups in total. The van der Waals surface area contributed by atoms with Crippen LogP contribution in [0, 0.1) is 17.3 Å². The number of anilines is 2. The maximum atomic E-state index is 6.04. The Kier molecular flexibility index (Phi) is 6.86. The molecule has 1 spiro atoms. The molecule has 3 saturated carbocycles. The third-order valence-corrected chi connectivity index (χ3v) is 9.00. The molecule has 31 heavy (non-hydrogen) atoms. The predicted octanol–water partition coefficient (Wildman–Crippen LogP) is -0.679. The number of nitrogens with two attached hydrogens (primary N) is 2. The molecule has 5 rings (SSSR count). The van der Waals surface area contributed by atoms with Gasteiger partial charge in [0.25, 0.3) is 0 Å². The first-order chi connectivity index (χ1) is 14.6. The van der Waals surface area contributed by atoms with Crippen molar-refractivity contribution in [1.82, 2.24) is 0 Å². The van der Waals surface area contributed by atoms with Crippen LogP contribution in [0.2, 0.25) is 0 Å². The summed E-state index contributed by atoms with van der Waals surface area (Å²) >= 11 is 4.76. The van der Waals surface area contributed by atoms with E-state index in [1.807, 2.05) is 0 Å². The summed E-state index contributed by atoms with van der Waals surface area (Å²) in [4.78, 5) is 0. The van der Waals surface area contributed by atoms with Crippen molar-refractivity contribution < 1.29 is 0 Å². The minimum absolute atomic E-state index is 0.352. The molecule has 15 heteroatoms. The van der Waals surface area contributed by atoms with Crippen LogP contribution in [0.25, 0.3) is 0 Å². The zero-order valence-corrected chi connectivity index (χ0v) is 18.8. The second kappa shape index (κ2) is 8.88. The van der Waals surface area contributed by atoms with Gasteiger partial charge in [0, 0.05) is 0 Å².